The van der Waals surface area contributed by atoms with E-state index < -0.39 is 0 Å². The summed E-state index contributed by atoms with van der Waals surface area (Å²) >= 11 is 4.29. The van der Waals surface area contributed by atoms with Crippen molar-refractivity contribution in [2.45, 2.75) is 11.8 Å². The summed E-state index contributed by atoms with van der Waals surface area (Å²) in [6.07, 6.45) is 0. The van der Waals surface area contributed by atoms with Crippen molar-refractivity contribution in [2.75, 3.05) is 0 Å². The molecule has 1 aromatic heterocycles. The Morgan fingerprint density at radius 1 is 1.31 bits per heavy atom. The van der Waals surface area contributed by atoms with Gasteiger partial charge in [-0.2, -0.15) is 0 Å². The Labute approximate surface area is 81.0 Å². The van der Waals surface area contributed by atoms with Gasteiger partial charge in [0.1, 0.15) is 0 Å². The molecule has 0 saturated heterocycles. The van der Waals surface area contributed by atoms with Crippen molar-refractivity contribution in [1.82, 2.24) is 4.98 Å². The summed E-state index contributed by atoms with van der Waals surface area (Å²) in [5, 5.41) is 1.60. The Kier molecular flexibility index (Phi) is 1.88. The normalized spacial score (nSPS) is 10.6. The third-order valence-corrected chi connectivity index (χ3v) is 2.39. The number of aromatic nitrogens is 1. The number of benzene rings is 1. The highest BCUT2D eigenvalue weighted by molar-refractivity contribution is 7.80. The maximum atomic E-state index is 11.5. The van der Waals surface area contributed by atoms with Gasteiger partial charge < -0.3 is 4.98 Å². The number of rotatable bonds is 0. The fourth-order valence-corrected chi connectivity index (χ4v) is 1.67. The van der Waals surface area contributed by atoms with E-state index in [0.717, 1.165) is 16.0 Å². The molecule has 2 aromatic rings. The first-order chi connectivity index (χ1) is 6.18. The van der Waals surface area contributed by atoms with Crippen LogP contribution in [0.5, 0.6) is 0 Å². The fourth-order valence-electron chi connectivity index (χ4n) is 1.40. The zero-order valence-corrected chi connectivity index (χ0v) is 8.06. The minimum absolute atomic E-state index is 0.0501. The lowest BCUT2D eigenvalue weighted by molar-refractivity contribution is 1.17. The molecule has 2 nitrogen and oxygen atoms in total. The van der Waals surface area contributed by atoms with Crippen molar-refractivity contribution in [2.24, 2.45) is 0 Å². The summed E-state index contributed by atoms with van der Waals surface area (Å²) in [6.45, 7) is 1.86. The van der Waals surface area contributed by atoms with Crippen molar-refractivity contribution in [3.05, 3.63) is 40.3 Å². The molecule has 0 spiro atoms. The van der Waals surface area contributed by atoms with Crippen molar-refractivity contribution in [3.8, 4) is 0 Å². The quantitative estimate of drug-likeness (QED) is 0.614. The predicted molar refractivity (Wildman–Crippen MR) is 56.6 cm³/mol. The summed E-state index contributed by atoms with van der Waals surface area (Å²) in [5.41, 5.74) is 0.810. The summed E-state index contributed by atoms with van der Waals surface area (Å²) in [5.74, 6) is 0. The van der Waals surface area contributed by atoms with Gasteiger partial charge >= 0.3 is 0 Å². The van der Waals surface area contributed by atoms with Crippen LogP contribution in [0.15, 0.2) is 34.0 Å². The van der Waals surface area contributed by atoms with Gasteiger partial charge in [-0.05, 0) is 25.1 Å². The van der Waals surface area contributed by atoms with Gasteiger partial charge in [-0.25, -0.2) is 0 Å². The minimum Gasteiger partial charge on any atom is -0.326 e. The highest BCUT2D eigenvalue weighted by atomic mass is 32.1. The molecule has 0 aliphatic heterocycles. The fraction of sp³-hybridized carbons (Fsp3) is 0.100. The average molecular weight is 191 g/mol. The van der Waals surface area contributed by atoms with E-state index in [9.17, 15) is 4.79 Å². The molecule has 1 aromatic carbocycles. The van der Waals surface area contributed by atoms with Crippen LogP contribution in [-0.4, -0.2) is 4.98 Å². The SMILES string of the molecule is Cc1cc2c(S)cccc2c(=O)[nH]1. The Bertz CT molecular complexity index is 516. The Hall–Kier alpha value is -1.22. The van der Waals surface area contributed by atoms with Crippen LogP contribution in [-0.2, 0) is 0 Å². The molecule has 2 rings (SSSR count). The summed E-state index contributed by atoms with van der Waals surface area (Å²) in [6, 6.07) is 7.44. The van der Waals surface area contributed by atoms with Crippen molar-refractivity contribution in [3.63, 3.8) is 0 Å². The van der Waals surface area contributed by atoms with Crippen LogP contribution in [0.25, 0.3) is 10.8 Å². The Morgan fingerprint density at radius 2 is 2.08 bits per heavy atom. The lowest BCUT2D eigenvalue weighted by Crippen LogP contribution is -2.07. The average Bonchev–Trinajstić information content (AvgIpc) is 2.07. The molecule has 1 heterocycles. The second-order valence-electron chi connectivity index (χ2n) is 3.02. The highest BCUT2D eigenvalue weighted by Crippen LogP contribution is 2.18. The van der Waals surface area contributed by atoms with E-state index in [-0.39, 0.29) is 5.56 Å². The molecule has 0 fully saturated rings. The standard InChI is InChI=1S/C10H9NOS/c1-6-5-8-7(10(12)11-6)3-2-4-9(8)13/h2-5,13H,1H3,(H,11,12). The van der Waals surface area contributed by atoms with Gasteiger partial charge in [0.15, 0.2) is 0 Å². The lowest BCUT2D eigenvalue weighted by Gasteiger charge is -2.00. The molecule has 0 unspecified atom stereocenters. The van der Waals surface area contributed by atoms with E-state index in [1.807, 2.05) is 25.1 Å². The van der Waals surface area contributed by atoms with Crippen molar-refractivity contribution in [1.29, 1.82) is 0 Å². The van der Waals surface area contributed by atoms with Gasteiger partial charge in [-0.3, -0.25) is 4.79 Å². The van der Waals surface area contributed by atoms with Gasteiger partial charge in [0, 0.05) is 21.4 Å². The second kappa shape index (κ2) is 2.92. The largest absolute Gasteiger partial charge is 0.326 e. The first kappa shape index (κ1) is 8.38. The van der Waals surface area contributed by atoms with Crippen LogP contribution in [0.4, 0.5) is 0 Å². The predicted octanol–water partition coefficient (Wildman–Crippen LogP) is 2.13. The number of hydrogen-bond acceptors (Lipinski definition) is 2. The number of aromatic amines is 1. The number of nitrogens with one attached hydrogen (secondary N) is 1. The summed E-state index contributed by atoms with van der Waals surface area (Å²) in [7, 11) is 0. The van der Waals surface area contributed by atoms with Gasteiger partial charge in [-0.1, -0.05) is 6.07 Å². The van der Waals surface area contributed by atoms with E-state index >= 15 is 0 Å². The van der Waals surface area contributed by atoms with Crippen molar-refractivity contribution < 1.29 is 0 Å². The molecular formula is C10H9NOS. The lowest BCUT2D eigenvalue weighted by atomic mass is 10.1. The zero-order chi connectivity index (χ0) is 9.42. The molecule has 13 heavy (non-hydrogen) atoms. The summed E-state index contributed by atoms with van der Waals surface area (Å²) in [4.78, 5) is 15.1. The van der Waals surface area contributed by atoms with Gasteiger partial charge in [-0.15, -0.1) is 12.6 Å². The zero-order valence-electron chi connectivity index (χ0n) is 7.16. The second-order valence-corrected chi connectivity index (χ2v) is 3.50. The topological polar surface area (TPSA) is 32.9 Å². The number of thiol groups is 1. The monoisotopic (exact) mass is 191 g/mol. The maximum Gasteiger partial charge on any atom is 0.256 e. The first-order valence-corrected chi connectivity index (χ1v) is 4.45. The van der Waals surface area contributed by atoms with E-state index in [2.05, 4.69) is 17.6 Å². The van der Waals surface area contributed by atoms with Crippen molar-refractivity contribution >= 4 is 23.4 Å². The van der Waals surface area contributed by atoms with E-state index in [4.69, 9.17) is 0 Å². The number of hydrogen-bond donors (Lipinski definition) is 2. The Morgan fingerprint density at radius 3 is 2.85 bits per heavy atom. The molecule has 0 saturated carbocycles. The molecule has 0 atom stereocenters. The first-order valence-electron chi connectivity index (χ1n) is 4.00. The van der Waals surface area contributed by atoms with Crippen LogP contribution >= 0.6 is 12.6 Å². The van der Waals surface area contributed by atoms with E-state index in [1.54, 1.807) is 6.07 Å². The third-order valence-electron chi connectivity index (χ3n) is 2.00. The molecule has 66 valence electrons. The molecule has 0 aliphatic carbocycles. The minimum atomic E-state index is -0.0501. The third kappa shape index (κ3) is 1.35. The highest BCUT2D eigenvalue weighted by Gasteiger charge is 2.01. The van der Waals surface area contributed by atoms with Crippen LogP contribution in [0.1, 0.15) is 5.69 Å². The van der Waals surface area contributed by atoms with E-state index in [1.165, 1.54) is 0 Å². The van der Waals surface area contributed by atoms with Crippen LogP contribution in [0.3, 0.4) is 0 Å². The van der Waals surface area contributed by atoms with Gasteiger partial charge in [0.05, 0.1) is 0 Å². The summed E-state index contributed by atoms with van der Waals surface area (Å²) < 4.78 is 0. The van der Waals surface area contributed by atoms with Crippen LogP contribution in [0.2, 0.25) is 0 Å². The smallest absolute Gasteiger partial charge is 0.256 e. The van der Waals surface area contributed by atoms with Gasteiger partial charge in [0.2, 0.25) is 0 Å². The number of aryl methyl sites for hydroxylation is 1. The molecular weight excluding hydrogens is 182 g/mol. The molecule has 3 heteroatoms. The number of H-pyrrole nitrogens is 1. The maximum absolute atomic E-state index is 11.5. The number of pyridine rings is 1. The molecule has 0 amide bonds. The molecule has 0 radical (unpaired) electrons. The molecule has 1 N–H and O–H groups in total. The Balaban J connectivity index is 3.03. The van der Waals surface area contributed by atoms with Crippen LogP contribution in [0, 0.1) is 6.92 Å². The number of fused-ring (bicyclic) bond motifs is 1. The molecule has 0 bridgehead atoms. The van der Waals surface area contributed by atoms with Gasteiger partial charge in [0.25, 0.3) is 5.56 Å². The van der Waals surface area contributed by atoms with E-state index in [0.29, 0.717) is 5.39 Å². The molecule has 0 aliphatic rings. The van der Waals surface area contributed by atoms with Crippen LogP contribution < -0.4 is 5.56 Å².